The number of hydrogen-bond donors (Lipinski definition) is 0. The number of allylic oxidation sites excluding steroid dienone is 1. The van der Waals surface area contributed by atoms with Crippen LogP contribution >= 0.6 is 0 Å². The van der Waals surface area contributed by atoms with Crippen LogP contribution in [0, 0.1) is 26.7 Å². The predicted molar refractivity (Wildman–Crippen MR) is 120 cm³/mol. The third kappa shape index (κ3) is 7.82. The molecule has 0 spiro atoms. The monoisotopic (exact) mass is 351 g/mol. The molecule has 0 atom stereocenters. The van der Waals surface area contributed by atoms with Gasteiger partial charge in [-0.15, -0.1) is 13.2 Å². The van der Waals surface area contributed by atoms with E-state index in [4.69, 9.17) is 0 Å². The summed E-state index contributed by atoms with van der Waals surface area (Å²) in [5.74, 6) is 1.08. The molecule has 3 rings (SSSR count). The van der Waals surface area contributed by atoms with E-state index in [1.165, 1.54) is 40.7 Å². The van der Waals surface area contributed by atoms with Gasteiger partial charge in [0.15, 0.2) is 0 Å². The highest BCUT2D eigenvalue weighted by Gasteiger charge is 2.12. The maximum Gasteiger partial charge on any atom is 0.0655 e. The normalized spacial score (nSPS) is 12.1. The SMILES string of the molecule is C/C=C\c1ncc(-c2cccc(C)c2C)cc1C.C=C.CC.CC1CC1. The van der Waals surface area contributed by atoms with E-state index in [1.807, 2.05) is 39.1 Å². The van der Waals surface area contributed by atoms with Crippen LogP contribution in [0.2, 0.25) is 0 Å². The summed E-state index contributed by atoms with van der Waals surface area (Å²) >= 11 is 0. The summed E-state index contributed by atoms with van der Waals surface area (Å²) in [4.78, 5) is 4.53. The first-order valence-corrected chi connectivity index (χ1v) is 9.69. The minimum atomic E-state index is 1.05. The van der Waals surface area contributed by atoms with Crippen LogP contribution in [0.25, 0.3) is 17.2 Å². The van der Waals surface area contributed by atoms with Gasteiger partial charge in [0, 0.05) is 11.8 Å². The Morgan fingerprint density at radius 2 is 1.62 bits per heavy atom. The van der Waals surface area contributed by atoms with Gasteiger partial charge in [-0.1, -0.05) is 57.9 Å². The fraction of sp³-hybridized carbons (Fsp3) is 0.400. The highest BCUT2D eigenvalue weighted by atomic mass is 14.7. The maximum atomic E-state index is 4.53. The number of rotatable bonds is 2. The molecule has 0 bridgehead atoms. The molecule has 1 saturated carbocycles. The van der Waals surface area contributed by atoms with Crippen LogP contribution < -0.4 is 0 Å². The topological polar surface area (TPSA) is 12.9 Å². The predicted octanol–water partition coefficient (Wildman–Crippen LogP) is 7.95. The summed E-state index contributed by atoms with van der Waals surface area (Å²) in [6.07, 6.45) is 9.00. The Labute approximate surface area is 161 Å². The quantitative estimate of drug-likeness (QED) is 0.500. The lowest BCUT2D eigenvalue weighted by Crippen LogP contribution is -1.91. The van der Waals surface area contributed by atoms with Crippen molar-refractivity contribution in [3.8, 4) is 11.1 Å². The van der Waals surface area contributed by atoms with Crippen LogP contribution in [-0.4, -0.2) is 4.98 Å². The summed E-state index contributed by atoms with van der Waals surface area (Å²) in [6, 6.07) is 8.62. The van der Waals surface area contributed by atoms with Crippen molar-refractivity contribution in [2.24, 2.45) is 5.92 Å². The first-order chi connectivity index (χ1) is 12.5. The third-order valence-corrected chi connectivity index (χ3v) is 4.22. The van der Waals surface area contributed by atoms with E-state index in [9.17, 15) is 0 Å². The Morgan fingerprint density at radius 1 is 1.04 bits per heavy atom. The number of pyridine rings is 1. The molecule has 1 heteroatoms. The van der Waals surface area contributed by atoms with Crippen LogP contribution in [0.5, 0.6) is 0 Å². The van der Waals surface area contributed by atoms with E-state index in [0.717, 1.165) is 11.6 Å². The Bertz CT molecular complexity index is 679. The first-order valence-electron chi connectivity index (χ1n) is 9.69. The van der Waals surface area contributed by atoms with Gasteiger partial charge in [-0.25, -0.2) is 0 Å². The lowest BCUT2D eigenvalue weighted by molar-refractivity contribution is 0.983. The zero-order valence-electron chi connectivity index (χ0n) is 17.9. The Hall–Kier alpha value is -2.15. The van der Waals surface area contributed by atoms with Crippen molar-refractivity contribution in [3.05, 3.63) is 72.1 Å². The molecule has 1 heterocycles. The van der Waals surface area contributed by atoms with Gasteiger partial charge in [-0.2, -0.15) is 0 Å². The molecule has 1 aliphatic rings. The summed E-state index contributed by atoms with van der Waals surface area (Å²) < 4.78 is 0. The molecular formula is C25H37N. The number of aryl methyl sites for hydroxylation is 2. The second-order valence-electron chi connectivity index (χ2n) is 6.36. The molecule has 0 N–H and O–H groups in total. The van der Waals surface area contributed by atoms with Crippen LogP contribution in [0.15, 0.2) is 49.7 Å². The summed E-state index contributed by atoms with van der Waals surface area (Å²) in [6.45, 7) is 20.7. The molecule has 1 aliphatic carbocycles. The maximum absolute atomic E-state index is 4.53. The molecule has 1 aromatic heterocycles. The summed E-state index contributed by atoms with van der Waals surface area (Å²) in [5, 5.41) is 0. The third-order valence-electron chi connectivity index (χ3n) is 4.22. The zero-order chi connectivity index (χ0) is 20.1. The van der Waals surface area contributed by atoms with Gasteiger partial charge in [0.25, 0.3) is 0 Å². The molecule has 1 nitrogen and oxygen atoms in total. The largest absolute Gasteiger partial charge is 0.256 e. The summed E-state index contributed by atoms with van der Waals surface area (Å²) in [7, 11) is 0. The minimum Gasteiger partial charge on any atom is -0.256 e. The average Bonchev–Trinajstić information content (AvgIpc) is 3.45. The molecule has 1 aromatic carbocycles. The second-order valence-corrected chi connectivity index (χ2v) is 6.36. The number of aromatic nitrogens is 1. The van der Waals surface area contributed by atoms with Crippen molar-refractivity contribution in [2.45, 2.75) is 61.3 Å². The van der Waals surface area contributed by atoms with E-state index in [2.05, 4.69) is 70.1 Å². The number of benzene rings is 1. The van der Waals surface area contributed by atoms with Gasteiger partial charge in [-0.3, -0.25) is 4.98 Å². The van der Waals surface area contributed by atoms with Crippen molar-refractivity contribution in [2.75, 3.05) is 0 Å². The van der Waals surface area contributed by atoms with Crippen molar-refractivity contribution in [1.82, 2.24) is 4.98 Å². The molecule has 26 heavy (non-hydrogen) atoms. The number of hydrogen-bond acceptors (Lipinski definition) is 1. The van der Waals surface area contributed by atoms with Gasteiger partial charge in [0.1, 0.15) is 0 Å². The highest BCUT2D eigenvalue weighted by molar-refractivity contribution is 5.69. The van der Waals surface area contributed by atoms with Crippen LogP contribution in [0.4, 0.5) is 0 Å². The molecule has 0 amide bonds. The Balaban J connectivity index is 0.000000660. The van der Waals surface area contributed by atoms with Crippen LogP contribution in [-0.2, 0) is 0 Å². The van der Waals surface area contributed by atoms with Crippen molar-refractivity contribution < 1.29 is 0 Å². The van der Waals surface area contributed by atoms with Crippen molar-refractivity contribution in [3.63, 3.8) is 0 Å². The minimum absolute atomic E-state index is 1.05. The molecule has 2 aromatic rings. The fourth-order valence-electron chi connectivity index (χ4n) is 2.30. The highest BCUT2D eigenvalue weighted by Crippen LogP contribution is 2.27. The standard InChI is InChI=1S/C17H19N.C4H8.C2H6.C2H4/c1-5-7-17-13(3)10-15(11-18-17)16-9-6-8-12(2)14(16)4;1-4-2-3-4;2*1-2/h5-11H,1-4H3;4H,2-3H2,1H3;1-2H3;1-2H2/b7-5-;;;. The Morgan fingerprint density at radius 3 is 2.08 bits per heavy atom. The zero-order valence-corrected chi connectivity index (χ0v) is 17.9. The van der Waals surface area contributed by atoms with Gasteiger partial charge in [0.2, 0.25) is 0 Å². The lowest BCUT2D eigenvalue weighted by Gasteiger charge is -2.10. The second kappa shape index (κ2) is 13.1. The first kappa shape index (κ1) is 23.9. The smallest absolute Gasteiger partial charge is 0.0655 e. The summed E-state index contributed by atoms with van der Waals surface area (Å²) in [5.41, 5.74) is 7.39. The Kier molecular flexibility index (Phi) is 12.0. The van der Waals surface area contributed by atoms with E-state index in [1.54, 1.807) is 0 Å². The van der Waals surface area contributed by atoms with Gasteiger partial charge >= 0.3 is 0 Å². The number of nitrogens with zero attached hydrogens (tertiary/aromatic N) is 1. The van der Waals surface area contributed by atoms with Crippen LogP contribution in [0.3, 0.4) is 0 Å². The molecule has 1 fully saturated rings. The van der Waals surface area contributed by atoms with E-state index in [0.29, 0.717) is 0 Å². The molecule has 0 aliphatic heterocycles. The molecule has 142 valence electrons. The van der Waals surface area contributed by atoms with Gasteiger partial charge in [0.05, 0.1) is 5.69 Å². The van der Waals surface area contributed by atoms with E-state index in [-0.39, 0.29) is 0 Å². The molecule has 0 unspecified atom stereocenters. The lowest BCUT2D eigenvalue weighted by atomic mass is 9.97. The van der Waals surface area contributed by atoms with Crippen molar-refractivity contribution >= 4 is 6.08 Å². The van der Waals surface area contributed by atoms with E-state index >= 15 is 0 Å². The fourth-order valence-corrected chi connectivity index (χ4v) is 2.30. The molecular weight excluding hydrogens is 314 g/mol. The van der Waals surface area contributed by atoms with Gasteiger partial charge < -0.3 is 0 Å². The molecule has 0 radical (unpaired) electrons. The molecule has 0 saturated heterocycles. The van der Waals surface area contributed by atoms with E-state index < -0.39 is 0 Å². The van der Waals surface area contributed by atoms with Gasteiger partial charge in [-0.05, 0) is 68.0 Å². The average molecular weight is 352 g/mol. The van der Waals surface area contributed by atoms with Crippen molar-refractivity contribution in [1.29, 1.82) is 0 Å². The van der Waals surface area contributed by atoms with Crippen LogP contribution in [0.1, 0.15) is 62.9 Å².